The maximum atomic E-state index is 6.00. The Labute approximate surface area is 102 Å². The zero-order valence-corrected chi connectivity index (χ0v) is 10.6. The Hall–Kier alpha value is -1.49. The number of hydrogen-bond acceptors (Lipinski definition) is 5. The molecule has 5 nitrogen and oxygen atoms in total. The van der Waals surface area contributed by atoms with Gasteiger partial charge in [0.1, 0.15) is 0 Å². The molecule has 94 valence electrons. The fourth-order valence-corrected chi connectivity index (χ4v) is 2.02. The predicted octanol–water partition coefficient (Wildman–Crippen LogP) is 1.29. The topological polar surface area (TPSA) is 60.6 Å². The van der Waals surface area contributed by atoms with E-state index < -0.39 is 0 Å². The second-order valence-corrected chi connectivity index (χ2v) is 4.78. The molecule has 0 aromatic carbocycles. The maximum Gasteiger partial charge on any atom is 0.215 e. The molecule has 2 heterocycles. The lowest BCUT2D eigenvalue weighted by Crippen LogP contribution is -2.53. The Kier molecular flexibility index (Phi) is 3.11. The monoisotopic (exact) mass is 237 g/mol. The van der Waals surface area contributed by atoms with E-state index in [2.05, 4.69) is 23.7 Å². The Morgan fingerprint density at radius 1 is 1.47 bits per heavy atom. The van der Waals surface area contributed by atoms with Crippen LogP contribution in [0, 0.1) is 0 Å². The zero-order chi connectivity index (χ0) is 12.5. The van der Waals surface area contributed by atoms with Gasteiger partial charge in [0.2, 0.25) is 5.88 Å². The van der Waals surface area contributed by atoms with E-state index in [-0.39, 0.29) is 5.54 Å². The zero-order valence-electron chi connectivity index (χ0n) is 10.6. The van der Waals surface area contributed by atoms with Crippen molar-refractivity contribution >= 4 is 11.5 Å². The van der Waals surface area contributed by atoms with Gasteiger partial charge in [-0.2, -0.15) is 4.98 Å². The molecule has 0 unspecified atom stereocenters. The Morgan fingerprint density at radius 2 is 2.24 bits per heavy atom. The summed E-state index contributed by atoms with van der Waals surface area (Å²) in [7, 11) is 1.60. The summed E-state index contributed by atoms with van der Waals surface area (Å²) < 4.78 is 10.6. The van der Waals surface area contributed by atoms with Crippen LogP contribution >= 0.6 is 0 Å². The number of nitrogens with zero attached hydrogens (tertiary/aromatic N) is 2. The number of methoxy groups -OCH3 is 1. The van der Waals surface area contributed by atoms with Gasteiger partial charge in [-0.3, -0.25) is 0 Å². The van der Waals surface area contributed by atoms with Crippen molar-refractivity contribution in [2.45, 2.75) is 19.4 Å². The number of aromatic nitrogens is 1. The highest BCUT2D eigenvalue weighted by Crippen LogP contribution is 2.31. The van der Waals surface area contributed by atoms with Crippen molar-refractivity contribution in [1.29, 1.82) is 0 Å². The normalized spacial score (nSPS) is 19.1. The van der Waals surface area contributed by atoms with Crippen LogP contribution in [0.2, 0.25) is 0 Å². The summed E-state index contributed by atoms with van der Waals surface area (Å²) in [5.41, 5.74) is 6.56. The van der Waals surface area contributed by atoms with E-state index >= 15 is 0 Å². The third kappa shape index (κ3) is 2.29. The fourth-order valence-electron chi connectivity index (χ4n) is 2.02. The molecule has 1 aromatic rings. The van der Waals surface area contributed by atoms with Gasteiger partial charge in [-0.25, -0.2) is 0 Å². The molecule has 0 atom stereocenters. The summed E-state index contributed by atoms with van der Waals surface area (Å²) in [6.07, 6.45) is 0. The summed E-state index contributed by atoms with van der Waals surface area (Å²) in [5.74, 6) is 1.36. The first-order valence-corrected chi connectivity index (χ1v) is 5.70. The van der Waals surface area contributed by atoms with Crippen LogP contribution in [0.3, 0.4) is 0 Å². The number of rotatable bonds is 2. The minimum absolute atomic E-state index is 0.105. The predicted molar refractivity (Wildman–Crippen MR) is 67.4 cm³/mol. The number of ether oxygens (including phenoxy) is 2. The van der Waals surface area contributed by atoms with Crippen LogP contribution in [0.25, 0.3) is 0 Å². The van der Waals surface area contributed by atoms with Crippen LogP contribution in [0.15, 0.2) is 12.1 Å². The number of hydrogen-bond donors (Lipinski definition) is 1. The summed E-state index contributed by atoms with van der Waals surface area (Å²) in [6, 6.07) is 3.60. The van der Waals surface area contributed by atoms with E-state index in [1.54, 1.807) is 13.2 Å². The lowest BCUT2D eigenvalue weighted by atomic mass is 10.0. The summed E-state index contributed by atoms with van der Waals surface area (Å²) in [6.45, 7) is 6.39. The highest BCUT2D eigenvalue weighted by Gasteiger charge is 2.32. The molecule has 0 bridgehead atoms. The number of nitrogens with two attached hydrogens (primary N) is 1. The first-order valence-electron chi connectivity index (χ1n) is 5.70. The van der Waals surface area contributed by atoms with E-state index in [9.17, 15) is 0 Å². The molecule has 0 saturated carbocycles. The smallest absolute Gasteiger partial charge is 0.215 e. The van der Waals surface area contributed by atoms with E-state index in [0.29, 0.717) is 24.8 Å². The number of anilines is 2. The molecule has 0 spiro atoms. The molecule has 5 heteroatoms. The molecule has 1 saturated heterocycles. The molecular weight excluding hydrogens is 218 g/mol. The SMILES string of the molecule is COc1ccc(N)c(N2CCOCC2(C)C)n1. The summed E-state index contributed by atoms with van der Waals surface area (Å²) >= 11 is 0. The maximum absolute atomic E-state index is 6.00. The van der Waals surface area contributed by atoms with Crippen LogP contribution in [0.5, 0.6) is 5.88 Å². The number of pyridine rings is 1. The Balaban J connectivity index is 2.37. The van der Waals surface area contributed by atoms with E-state index in [4.69, 9.17) is 15.2 Å². The van der Waals surface area contributed by atoms with Crippen molar-refractivity contribution in [3.05, 3.63) is 12.1 Å². The molecule has 0 amide bonds. The summed E-state index contributed by atoms with van der Waals surface area (Å²) in [5, 5.41) is 0. The largest absolute Gasteiger partial charge is 0.481 e. The van der Waals surface area contributed by atoms with Gasteiger partial charge in [0.05, 0.1) is 31.5 Å². The molecule has 1 aliphatic rings. The van der Waals surface area contributed by atoms with Crippen LogP contribution in [-0.2, 0) is 4.74 Å². The molecular formula is C12H19N3O2. The molecule has 1 aromatic heterocycles. The van der Waals surface area contributed by atoms with Gasteiger partial charge in [-0.05, 0) is 19.9 Å². The Morgan fingerprint density at radius 3 is 2.88 bits per heavy atom. The minimum Gasteiger partial charge on any atom is -0.481 e. The highest BCUT2D eigenvalue weighted by molar-refractivity contribution is 5.65. The van der Waals surface area contributed by atoms with Gasteiger partial charge >= 0.3 is 0 Å². The van der Waals surface area contributed by atoms with Gasteiger partial charge in [0, 0.05) is 12.6 Å². The first-order chi connectivity index (χ1) is 8.04. The third-order valence-electron chi connectivity index (χ3n) is 2.99. The van der Waals surface area contributed by atoms with Gasteiger partial charge < -0.3 is 20.1 Å². The summed E-state index contributed by atoms with van der Waals surface area (Å²) in [4.78, 5) is 6.61. The van der Waals surface area contributed by atoms with E-state index in [0.717, 1.165) is 12.4 Å². The van der Waals surface area contributed by atoms with Crippen molar-refractivity contribution in [3.8, 4) is 5.88 Å². The van der Waals surface area contributed by atoms with Crippen molar-refractivity contribution in [2.24, 2.45) is 0 Å². The van der Waals surface area contributed by atoms with Crippen molar-refractivity contribution in [2.75, 3.05) is 37.5 Å². The van der Waals surface area contributed by atoms with Crippen LogP contribution in [0.1, 0.15) is 13.8 Å². The second kappa shape index (κ2) is 4.41. The molecule has 0 aliphatic carbocycles. The lowest BCUT2D eigenvalue weighted by molar-refractivity contribution is 0.0639. The van der Waals surface area contributed by atoms with Crippen LogP contribution in [-0.4, -0.2) is 37.4 Å². The molecule has 2 rings (SSSR count). The fraction of sp³-hybridized carbons (Fsp3) is 0.583. The van der Waals surface area contributed by atoms with Crippen molar-refractivity contribution < 1.29 is 9.47 Å². The van der Waals surface area contributed by atoms with Crippen molar-refractivity contribution in [1.82, 2.24) is 4.98 Å². The van der Waals surface area contributed by atoms with Gasteiger partial charge in [0.25, 0.3) is 0 Å². The lowest BCUT2D eigenvalue weighted by Gasteiger charge is -2.43. The van der Waals surface area contributed by atoms with Gasteiger partial charge in [-0.1, -0.05) is 0 Å². The molecule has 1 fully saturated rings. The highest BCUT2D eigenvalue weighted by atomic mass is 16.5. The molecule has 1 aliphatic heterocycles. The Bertz CT molecular complexity index is 407. The molecule has 2 N–H and O–H groups in total. The minimum atomic E-state index is -0.105. The van der Waals surface area contributed by atoms with E-state index in [1.807, 2.05) is 6.07 Å². The van der Waals surface area contributed by atoms with Gasteiger partial charge in [-0.15, -0.1) is 0 Å². The van der Waals surface area contributed by atoms with Gasteiger partial charge in [0.15, 0.2) is 5.82 Å². The van der Waals surface area contributed by atoms with Crippen LogP contribution in [0.4, 0.5) is 11.5 Å². The average molecular weight is 237 g/mol. The molecule has 17 heavy (non-hydrogen) atoms. The standard InChI is InChI=1S/C12H19N3O2/c1-12(2)8-17-7-6-15(12)11-9(13)4-5-10(14-11)16-3/h4-5H,6-8,13H2,1-3H3. The second-order valence-electron chi connectivity index (χ2n) is 4.78. The van der Waals surface area contributed by atoms with E-state index in [1.165, 1.54) is 0 Å². The third-order valence-corrected chi connectivity index (χ3v) is 2.99. The molecule has 0 radical (unpaired) electrons. The van der Waals surface area contributed by atoms with Crippen molar-refractivity contribution in [3.63, 3.8) is 0 Å². The first kappa shape index (κ1) is 12.0. The number of morpholine rings is 1. The van der Waals surface area contributed by atoms with Crippen LogP contribution < -0.4 is 15.4 Å². The average Bonchev–Trinajstić information content (AvgIpc) is 2.30. The quantitative estimate of drug-likeness (QED) is 0.839. The number of nitrogen functional groups attached to an aromatic ring is 1.